The van der Waals surface area contributed by atoms with Gasteiger partial charge in [0, 0.05) is 25.7 Å². The summed E-state index contributed by atoms with van der Waals surface area (Å²) >= 11 is 0. The molecule has 2 aliphatic rings. The summed E-state index contributed by atoms with van der Waals surface area (Å²) in [5, 5.41) is 0. The van der Waals surface area contributed by atoms with Crippen LogP contribution in [0.1, 0.15) is 85.9 Å². The Balaban J connectivity index is 1.17. The highest BCUT2D eigenvalue weighted by atomic mass is 16.5. The van der Waals surface area contributed by atoms with Crippen LogP contribution in [0, 0.1) is 59.2 Å². The van der Waals surface area contributed by atoms with Gasteiger partial charge in [0.05, 0.1) is 38.6 Å². The van der Waals surface area contributed by atoms with Crippen molar-refractivity contribution in [2.75, 3.05) is 27.4 Å². The van der Waals surface area contributed by atoms with Gasteiger partial charge in [0.25, 0.3) is 0 Å². The van der Waals surface area contributed by atoms with Crippen molar-refractivity contribution < 1.29 is 28.5 Å². The summed E-state index contributed by atoms with van der Waals surface area (Å²) in [5.74, 6) is 17.1. The molecule has 2 aromatic rings. The molecule has 44 heavy (non-hydrogen) atoms. The van der Waals surface area contributed by atoms with Gasteiger partial charge < -0.3 is 18.9 Å². The Morgan fingerprint density at radius 1 is 0.568 bits per heavy atom. The van der Waals surface area contributed by atoms with E-state index in [2.05, 4.69) is 37.5 Å². The minimum absolute atomic E-state index is 0.280. The van der Waals surface area contributed by atoms with Crippen molar-refractivity contribution in [1.82, 2.24) is 0 Å². The van der Waals surface area contributed by atoms with Gasteiger partial charge in [-0.1, -0.05) is 20.3 Å². The fourth-order valence-corrected chi connectivity index (χ4v) is 6.50. The molecule has 0 heterocycles. The van der Waals surface area contributed by atoms with Crippen molar-refractivity contribution in [3.05, 3.63) is 59.7 Å². The number of hydrogen-bond acceptors (Lipinski definition) is 6. The molecule has 6 heteroatoms. The van der Waals surface area contributed by atoms with Gasteiger partial charge in [-0.25, -0.2) is 9.59 Å². The minimum Gasteiger partial charge on any atom is -0.497 e. The predicted octanol–water partition coefficient (Wildman–Crippen LogP) is 7.61. The molecular weight excluding hydrogens is 552 g/mol. The molecule has 2 saturated carbocycles. The molecule has 0 bridgehead atoms. The quantitative estimate of drug-likeness (QED) is 0.155. The zero-order chi connectivity index (χ0) is 31.3. The van der Waals surface area contributed by atoms with Crippen LogP contribution in [-0.4, -0.2) is 39.4 Å². The Morgan fingerprint density at radius 3 is 1.34 bits per heavy atom. The first kappa shape index (κ1) is 33.0. The first-order valence-corrected chi connectivity index (χ1v) is 16.0. The Labute approximate surface area is 263 Å². The van der Waals surface area contributed by atoms with Gasteiger partial charge in [-0.15, -0.1) is 23.7 Å². The third-order valence-corrected chi connectivity index (χ3v) is 9.19. The van der Waals surface area contributed by atoms with E-state index < -0.39 is 0 Å². The molecule has 0 saturated heterocycles. The second kappa shape index (κ2) is 16.8. The molecule has 0 amide bonds. The van der Waals surface area contributed by atoms with Crippen molar-refractivity contribution in [3.8, 4) is 35.2 Å². The molecule has 2 aliphatic carbocycles. The predicted molar refractivity (Wildman–Crippen MR) is 171 cm³/mol. The summed E-state index contributed by atoms with van der Waals surface area (Å²) < 4.78 is 21.7. The van der Waals surface area contributed by atoms with Crippen LogP contribution in [0.4, 0.5) is 0 Å². The van der Waals surface area contributed by atoms with Crippen LogP contribution in [-0.2, 0) is 9.47 Å². The monoisotopic (exact) mass is 598 g/mol. The first-order chi connectivity index (χ1) is 21.5. The minimum atomic E-state index is -0.290. The van der Waals surface area contributed by atoms with Crippen molar-refractivity contribution in [1.29, 1.82) is 0 Å². The van der Waals surface area contributed by atoms with Crippen molar-refractivity contribution in [3.63, 3.8) is 0 Å². The highest BCUT2D eigenvalue weighted by Crippen LogP contribution is 2.52. The van der Waals surface area contributed by atoms with E-state index in [-0.39, 0.29) is 11.9 Å². The van der Waals surface area contributed by atoms with Crippen LogP contribution < -0.4 is 9.47 Å². The second-order valence-electron chi connectivity index (χ2n) is 11.7. The molecule has 6 atom stereocenters. The lowest BCUT2D eigenvalue weighted by molar-refractivity contribution is 0.0465. The topological polar surface area (TPSA) is 71.1 Å². The molecule has 2 aromatic carbocycles. The smallest absolute Gasteiger partial charge is 0.338 e. The second-order valence-corrected chi connectivity index (χ2v) is 11.7. The number of rotatable bonds is 15. The largest absolute Gasteiger partial charge is 0.497 e. The normalized spacial score (nSPS) is 22.8. The molecule has 0 radical (unpaired) electrons. The van der Waals surface area contributed by atoms with Gasteiger partial charge in [-0.2, -0.15) is 0 Å². The Bertz CT molecular complexity index is 1340. The number of carbonyl (C=O) groups excluding carboxylic acids is 2. The molecule has 2 fully saturated rings. The zero-order valence-electron chi connectivity index (χ0n) is 26.6. The molecular formula is C38H46O6. The van der Waals surface area contributed by atoms with Gasteiger partial charge in [-0.05, 0) is 103 Å². The van der Waals surface area contributed by atoms with E-state index in [1.165, 1.54) is 0 Å². The van der Waals surface area contributed by atoms with E-state index in [0.717, 1.165) is 57.1 Å². The number of methoxy groups -OCH3 is 2. The standard InChI is InChI=1S/C38H46O6/c1-5-7-8-11-15-33-34(36(33)26-44-38(40)28-19-23-30(42-4)24-20-28)16-13-10-9-12-14-32-31(6-2)35(32)25-43-37(39)27-17-21-29(41-3)22-18-27/h17-24,31-36H,5-6,11-16,25-26H2,1-4H3/t31-,32+,33-,34+,35+,36+/m0/s1. The molecule has 6 nitrogen and oxygen atoms in total. The molecule has 0 unspecified atom stereocenters. The van der Waals surface area contributed by atoms with E-state index in [4.69, 9.17) is 18.9 Å². The summed E-state index contributed by atoms with van der Waals surface area (Å²) in [4.78, 5) is 25.0. The van der Waals surface area contributed by atoms with Gasteiger partial charge in [-0.3, -0.25) is 0 Å². The summed E-state index contributed by atoms with van der Waals surface area (Å²) in [6, 6.07) is 14.0. The maximum absolute atomic E-state index is 12.6. The van der Waals surface area contributed by atoms with Gasteiger partial charge in [0.2, 0.25) is 0 Å². The van der Waals surface area contributed by atoms with Gasteiger partial charge >= 0.3 is 11.9 Å². The molecule has 0 aromatic heterocycles. The van der Waals surface area contributed by atoms with Crippen molar-refractivity contribution >= 4 is 11.9 Å². The van der Waals surface area contributed by atoms with Crippen LogP contribution in [0.3, 0.4) is 0 Å². The summed E-state index contributed by atoms with van der Waals surface area (Å²) in [6.07, 6.45) is 7.70. The van der Waals surface area contributed by atoms with Crippen molar-refractivity contribution in [2.24, 2.45) is 35.5 Å². The fraction of sp³-hybridized carbons (Fsp3) is 0.526. The van der Waals surface area contributed by atoms with E-state index in [1.807, 2.05) is 0 Å². The number of ether oxygens (including phenoxy) is 4. The van der Waals surface area contributed by atoms with E-state index in [9.17, 15) is 9.59 Å². The molecule has 0 aliphatic heterocycles. The van der Waals surface area contributed by atoms with Crippen LogP contribution in [0.25, 0.3) is 0 Å². The lowest BCUT2D eigenvalue weighted by atomic mass is 10.1. The summed E-state index contributed by atoms with van der Waals surface area (Å²) in [5.41, 5.74) is 1.09. The van der Waals surface area contributed by atoms with E-state index in [0.29, 0.717) is 65.6 Å². The third kappa shape index (κ3) is 9.30. The Hall–Kier alpha value is -3.90. The SMILES string of the molecule is CCC#CCC[C@H]1[C@@H](CCC#CCC[C@@H]2[C@H](CC)[C@H]2COC(=O)c2ccc(OC)cc2)[C@@H]1COC(=O)c1ccc(OC)cc1. The number of carbonyl (C=O) groups is 2. The van der Waals surface area contributed by atoms with E-state index >= 15 is 0 Å². The average Bonchev–Trinajstić information content (AvgIpc) is 3.95. The Kier molecular flexibility index (Phi) is 12.6. The molecule has 234 valence electrons. The number of hydrogen-bond donors (Lipinski definition) is 0. The van der Waals surface area contributed by atoms with Gasteiger partial charge in [0.15, 0.2) is 0 Å². The highest BCUT2D eigenvalue weighted by molar-refractivity contribution is 5.90. The van der Waals surface area contributed by atoms with Crippen molar-refractivity contribution in [2.45, 2.75) is 65.2 Å². The molecule has 0 spiro atoms. The maximum Gasteiger partial charge on any atom is 0.338 e. The van der Waals surface area contributed by atoms with Crippen LogP contribution in [0.2, 0.25) is 0 Å². The van der Waals surface area contributed by atoms with Crippen LogP contribution in [0.5, 0.6) is 11.5 Å². The summed E-state index contributed by atoms with van der Waals surface area (Å²) in [6.45, 7) is 5.19. The lowest BCUT2D eigenvalue weighted by Crippen LogP contribution is -2.08. The fourth-order valence-electron chi connectivity index (χ4n) is 6.50. The number of esters is 2. The summed E-state index contributed by atoms with van der Waals surface area (Å²) in [7, 11) is 3.21. The van der Waals surface area contributed by atoms with Crippen LogP contribution >= 0.6 is 0 Å². The third-order valence-electron chi connectivity index (χ3n) is 9.19. The number of benzene rings is 2. The zero-order valence-corrected chi connectivity index (χ0v) is 26.6. The Morgan fingerprint density at radius 2 is 0.955 bits per heavy atom. The van der Waals surface area contributed by atoms with E-state index in [1.54, 1.807) is 62.8 Å². The molecule has 0 N–H and O–H groups in total. The highest BCUT2D eigenvalue weighted by Gasteiger charge is 2.49. The van der Waals surface area contributed by atoms with Gasteiger partial charge in [0.1, 0.15) is 11.5 Å². The van der Waals surface area contributed by atoms with Crippen LogP contribution in [0.15, 0.2) is 48.5 Å². The average molecular weight is 599 g/mol. The maximum atomic E-state index is 12.6. The lowest BCUT2D eigenvalue weighted by Gasteiger charge is -2.05. The molecule has 4 rings (SSSR count). The first-order valence-electron chi connectivity index (χ1n) is 16.0.